The predicted molar refractivity (Wildman–Crippen MR) is 120 cm³/mol. The molecule has 2 heterocycles. The molecule has 8 nitrogen and oxygen atoms in total. The van der Waals surface area contributed by atoms with Gasteiger partial charge in [-0.1, -0.05) is 24.3 Å². The molecule has 0 saturated carbocycles. The lowest BCUT2D eigenvalue weighted by atomic mass is 10.1. The Morgan fingerprint density at radius 1 is 1.00 bits per heavy atom. The van der Waals surface area contributed by atoms with Gasteiger partial charge < -0.3 is 19.9 Å². The molecule has 2 aromatic carbocycles. The molecule has 0 spiro atoms. The van der Waals surface area contributed by atoms with E-state index in [1.807, 2.05) is 6.07 Å². The number of carbonyl (C=O) groups is 2. The molecule has 0 radical (unpaired) electrons. The lowest BCUT2D eigenvalue weighted by Crippen LogP contribution is -2.49. The summed E-state index contributed by atoms with van der Waals surface area (Å²) in [6.45, 7) is 6.96. The number of hydrogen-bond donors (Lipinski definition) is 2. The van der Waals surface area contributed by atoms with E-state index in [2.05, 4.69) is 46.9 Å². The quantitative estimate of drug-likeness (QED) is 0.589. The van der Waals surface area contributed by atoms with Gasteiger partial charge in [0, 0.05) is 31.9 Å². The van der Waals surface area contributed by atoms with E-state index in [4.69, 9.17) is 9.90 Å². The lowest BCUT2D eigenvalue weighted by Gasteiger charge is -2.36. The van der Waals surface area contributed by atoms with Gasteiger partial charge in [-0.3, -0.25) is 9.59 Å². The number of fused-ring (bicyclic) bond motifs is 1. The Hall–Kier alpha value is -3.89. The molecule has 2 N–H and O–H groups in total. The maximum atomic E-state index is 12.8. The molecule has 34 heavy (non-hydrogen) atoms. The summed E-state index contributed by atoms with van der Waals surface area (Å²) < 4.78 is 31.7. The van der Waals surface area contributed by atoms with Gasteiger partial charge in [-0.05, 0) is 43.2 Å². The minimum atomic E-state index is -5.08. The summed E-state index contributed by atoms with van der Waals surface area (Å²) in [6.07, 6.45) is -5.08. The normalized spacial score (nSPS) is 13.9. The summed E-state index contributed by atoms with van der Waals surface area (Å²) in [5.74, 6) is -2.87. The average molecular weight is 476 g/mol. The number of aliphatic carboxylic acids is 1. The van der Waals surface area contributed by atoms with Crippen molar-refractivity contribution in [2.75, 3.05) is 31.1 Å². The van der Waals surface area contributed by atoms with Gasteiger partial charge >= 0.3 is 12.1 Å². The highest BCUT2D eigenvalue weighted by atomic mass is 19.4. The van der Waals surface area contributed by atoms with Crippen molar-refractivity contribution < 1.29 is 27.9 Å². The fraction of sp³-hybridized carbons (Fsp3) is 0.304. The Morgan fingerprint density at radius 3 is 2.24 bits per heavy atom. The number of carbonyl (C=O) groups excluding carboxylic acids is 1. The van der Waals surface area contributed by atoms with Gasteiger partial charge in [0.2, 0.25) is 0 Å². The standard InChI is InChI=1S/C21H22N4O2.C2HF3O2/c1-14-6-5-9-18(15(14)2)24-10-12-25(13-11-24)21(27)19-22-17-8-4-3-7-16(17)20(26)23-19;3-2(4,5)1(6)7/h3-9H,10-13H2,1-2H3,(H,22,23,26);(H,6,7). The highest BCUT2D eigenvalue weighted by Gasteiger charge is 2.38. The first-order valence-electron chi connectivity index (χ1n) is 10.4. The summed E-state index contributed by atoms with van der Waals surface area (Å²) in [5, 5.41) is 7.62. The van der Waals surface area contributed by atoms with Gasteiger partial charge in [-0.2, -0.15) is 13.2 Å². The number of nitrogens with one attached hydrogen (secondary N) is 1. The van der Waals surface area contributed by atoms with Gasteiger partial charge in [0.15, 0.2) is 5.82 Å². The number of benzene rings is 2. The zero-order valence-electron chi connectivity index (χ0n) is 18.5. The van der Waals surface area contributed by atoms with Crippen molar-refractivity contribution in [2.24, 2.45) is 0 Å². The maximum absolute atomic E-state index is 12.8. The van der Waals surface area contributed by atoms with Crippen LogP contribution in [0.1, 0.15) is 21.7 Å². The number of nitrogens with zero attached hydrogens (tertiary/aromatic N) is 3. The summed E-state index contributed by atoms with van der Waals surface area (Å²) >= 11 is 0. The Bertz CT molecular complexity index is 1270. The number of para-hydroxylation sites is 1. The van der Waals surface area contributed by atoms with Crippen molar-refractivity contribution in [2.45, 2.75) is 20.0 Å². The Morgan fingerprint density at radius 2 is 1.62 bits per heavy atom. The molecule has 11 heteroatoms. The van der Waals surface area contributed by atoms with Crippen LogP contribution < -0.4 is 10.5 Å². The van der Waals surface area contributed by atoms with Crippen LogP contribution in [0, 0.1) is 13.8 Å². The van der Waals surface area contributed by atoms with Crippen LogP contribution in [-0.2, 0) is 4.79 Å². The first-order chi connectivity index (χ1) is 16.0. The van der Waals surface area contributed by atoms with Crippen molar-refractivity contribution in [1.82, 2.24) is 14.9 Å². The number of aromatic nitrogens is 2. The maximum Gasteiger partial charge on any atom is 0.490 e. The summed E-state index contributed by atoms with van der Waals surface area (Å²) in [5.41, 5.74) is 4.03. The second-order valence-corrected chi connectivity index (χ2v) is 7.73. The molecule has 1 aliphatic rings. The first kappa shape index (κ1) is 24.7. The number of rotatable bonds is 2. The molecule has 1 aliphatic heterocycles. The molecule has 0 bridgehead atoms. The third-order valence-electron chi connectivity index (χ3n) is 5.54. The van der Waals surface area contributed by atoms with Gasteiger partial charge in [0.05, 0.1) is 10.9 Å². The summed E-state index contributed by atoms with van der Waals surface area (Å²) in [4.78, 5) is 45.0. The van der Waals surface area contributed by atoms with E-state index in [1.165, 1.54) is 16.8 Å². The molecule has 0 atom stereocenters. The Labute approximate surface area is 192 Å². The number of aryl methyl sites for hydroxylation is 1. The number of carboxylic acid groups (broad SMARTS) is 1. The lowest BCUT2D eigenvalue weighted by molar-refractivity contribution is -0.192. The van der Waals surface area contributed by atoms with Crippen molar-refractivity contribution in [3.05, 3.63) is 69.8 Å². The molecule has 0 unspecified atom stereocenters. The Balaban J connectivity index is 0.000000406. The van der Waals surface area contributed by atoms with Crippen LogP contribution in [0.2, 0.25) is 0 Å². The van der Waals surface area contributed by atoms with Crippen molar-refractivity contribution >= 4 is 28.5 Å². The molecule has 1 fully saturated rings. The third kappa shape index (κ3) is 5.53. The van der Waals surface area contributed by atoms with Crippen LogP contribution in [0.25, 0.3) is 10.9 Å². The zero-order chi connectivity index (χ0) is 25.0. The van der Waals surface area contributed by atoms with E-state index in [0.29, 0.717) is 24.0 Å². The van der Waals surface area contributed by atoms with E-state index < -0.39 is 12.1 Å². The molecule has 3 aromatic rings. The molecule has 4 rings (SSSR count). The van der Waals surface area contributed by atoms with E-state index in [9.17, 15) is 22.8 Å². The number of alkyl halides is 3. The minimum Gasteiger partial charge on any atom is -0.475 e. The molecule has 1 saturated heterocycles. The van der Waals surface area contributed by atoms with Gasteiger partial charge in [0.25, 0.3) is 11.5 Å². The predicted octanol–water partition coefficient (Wildman–Crippen LogP) is 3.14. The molecule has 180 valence electrons. The van der Waals surface area contributed by atoms with Gasteiger partial charge in [-0.15, -0.1) is 0 Å². The number of amides is 1. The number of piperazine rings is 1. The SMILES string of the molecule is Cc1cccc(N2CCN(C(=O)c3nc4ccccc4c(=O)[nH]3)CC2)c1C.O=C(O)C(F)(F)F. The van der Waals surface area contributed by atoms with Crippen molar-refractivity contribution in [1.29, 1.82) is 0 Å². The van der Waals surface area contributed by atoms with E-state index in [1.54, 1.807) is 23.1 Å². The van der Waals surface area contributed by atoms with Crippen LogP contribution in [0.4, 0.5) is 18.9 Å². The minimum absolute atomic E-state index is 0.110. The molecular weight excluding hydrogens is 453 g/mol. The van der Waals surface area contributed by atoms with Crippen LogP contribution in [0.5, 0.6) is 0 Å². The molecule has 1 amide bonds. The van der Waals surface area contributed by atoms with Gasteiger partial charge in [-0.25, -0.2) is 9.78 Å². The summed E-state index contributed by atoms with van der Waals surface area (Å²) in [6, 6.07) is 13.4. The van der Waals surface area contributed by atoms with Crippen LogP contribution in [0.15, 0.2) is 47.3 Å². The molecule has 1 aromatic heterocycles. The smallest absolute Gasteiger partial charge is 0.475 e. The number of carboxylic acids is 1. The van der Waals surface area contributed by atoms with Crippen LogP contribution >= 0.6 is 0 Å². The van der Waals surface area contributed by atoms with Crippen LogP contribution in [-0.4, -0.2) is 64.2 Å². The second-order valence-electron chi connectivity index (χ2n) is 7.73. The fourth-order valence-corrected chi connectivity index (χ4v) is 3.57. The monoisotopic (exact) mass is 476 g/mol. The number of halogens is 3. The zero-order valence-corrected chi connectivity index (χ0v) is 18.5. The largest absolute Gasteiger partial charge is 0.490 e. The van der Waals surface area contributed by atoms with Crippen molar-refractivity contribution in [3.8, 4) is 0 Å². The Kier molecular flexibility index (Phi) is 7.23. The first-order valence-corrected chi connectivity index (χ1v) is 10.4. The molecule has 0 aliphatic carbocycles. The van der Waals surface area contributed by atoms with E-state index in [0.717, 1.165) is 13.1 Å². The third-order valence-corrected chi connectivity index (χ3v) is 5.54. The number of aromatic amines is 1. The average Bonchev–Trinajstić information content (AvgIpc) is 2.80. The fourth-order valence-electron chi connectivity index (χ4n) is 3.57. The van der Waals surface area contributed by atoms with E-state index >= 15 is 0 Å². The van der Waals surface area contributed by atoms with E-state index in [-0.39, 0.29) is 17.3 Å². The topological polar surface area (TPSA) is 107 Å². The van der Waals surface area contributed by atoms with Crippen molar-refractivity contribution in [3.63, 3.8) is 0 Å². The number of H-pyrrole nitrogens is 1. The summed E-state index contributed by atoms with van der Waals surface area (Å²) in [7, 11) is 0. The van der Waals surface area contributed by atoms with Crippen LogP contribution in [0.3, 0.4) is 0 Å². The number of hydrogen-bond acceptors (Lipinski definition) is 5. The second kappa shape index (κ2) is 9.94. The highest BCUT2D eigenvalue weighted by molar-refractivity contribution is 5.92. The number of anilines is 1. The van der Waals surface area contributed by atoms with Gasteiger partial charge in [0.1, 0.15) is 0 Å². The highest BCUT2D eigenvalue weighted by Crippen LogP contribution is 2.24. The molecular formula is C23H23F3N4O4.